The van der Waals surface area contributed by atoms with Gasteiger partial charge < -0.3 is 15.3 Å². The van der Waals surface area contributed by atoms with E-state index in [1.165, 1.54) is 16.8 Å². The number of aliphatic hydroxyl groups is 1. The van der Waals surface area contributed by atoms with Crippen LogP contribution < -0.4 is 5.32 Å². The first kappa shape index (κ1) is 28.3. The average Bonchev–Trinajstić information content (AvgIpc) is 3.18. The number of unbranched alkanes of at least 4 members (excludes halogenated alkanes) is 1. The van der Waals surface area contributed by atoms with Crippen molar-refractivity contribution in [3.63, 3.8) is 0 Å². The summed E-state index contributed by atoms with van der Waals surface area (Å²) in [5.74, 6) is -0.369. The second-order valence-corrected chi connectivity index (χ2v) is 11.4. The number of carbonyl (C=O) groups excluding carboxylic acids is 2. The fourth-order valence-electron chi connectivity index (χ4n) is 5.96. The van der Waals surface area contributed by atoms with Gasteiger partial charge in [-0.1, -0.05) is 57.5 Å². The Kier molecular flexibility index (Phi) is 8.93. The first-order valence-electron chi connectivity index (χ1n) is 14.3. The number of hydrogen-bond donors (Lipinski definition) is 2. The molecular weight excluding hydrogens is 478 g/mol. The molecule has 2 aliphatic heterocycles. The van der Waals surface area contributed by atoms with Gasteiger partial charge in [-0.15, -0.1) is 0 Å². The molecule has 8 nitrogen and oxygen atoms in total. The Morgan fingerprint density at radius 2 is 1.79 bits per heavy atom. The quantitative estimate of drug-likeness (QED) is 0.499. The predicted molar refractivity (Wildman–Crippen MR) is 148 cm³/mol. The molecule has 0 aliphatic carbocycles. The molecule has 38 heavy (non-hydrogen) atoms. The van der Waals surface area contributed by atoms with Crippen LogP contribution in [0.3, 0.4) is 0 Å². The second-order valence-electron chi connectivity index (χ2n) is 11.4. The molecule has 2 aliphatic rings. The third kappa shape index (κ3) is 5.66. The lowest BCUT2D eigenvalue weighted by atomic mass is 9.80. The van der Waals surface area contributed by atoms with Crippen molar-refractivity contribution in [2.75, 3.05) is 19.6 Å². The smallest absolute Gasteiger partial charge is 0.248 e. The van der Waals surface area contributed by atoms with Crippen LogP contribution in [0.4, 0.5) is 0 Å². The largest absolute Gasteiger partial charge is 0.390 e. The van der Waals surface area contributed by atoms with Gasteiger partial charge in [-0.05, 0) is 51.0 Å². The fourth-order valence-corrected chi connectivity index (χ4v) is 5.96. The van der Waals surface area contributed by atoms with Crippen molar-refractivity contribution in [1.29, 1.82) is 0 Å². The van der Waals surface area contributed by atoms with Crippen molar-refractivity contribution >= 4 is 11.8 Å². The van der Waals surface area contributed by atoms with Crippen molar-refractivity contribution in [3.05, 3.63) is 52.8 Å². The van der Waals surface area contributed by atoms with Gasteiger partial charge in [0.1, 0.15) is 11.6 Å². The Balaban J connectivity index is 1.44. The van der Waals surface area contributed by atoms with Crippen molar-refractivity contribution in [2.24, 2.45) is 5.92 Å². The van der Waals surface area contributed by atoms with Crippen LogP contribution in [-0.2, 0) is 29.1 Å². The first-order chi connectivity index (χ1) is 18.2. The molecule has 2 amide bonds. The standard InChI is InChI=1S/C30H45N5O3/c1-6-7-16-34-28(37)26(27(36)21(2)3)31-29(38)30(34)14-18-33(19-15-30)20-25-22(4)32-35(23(25)5)17-13-24-11-9-8-10-12-24/h8-12,21,26-27,36H,6-7,13-20H2,1-5H3,(H,31,38)/t26-,27-/m1/s1. The molecule has 2 fully saturated rings. The molecule has 1 aromatic carbocycles. The Hall–Kier alpha value is -2.71. The van der Waals surface area contributed by atoms with Crippen LogP contribution >= 0.6 is 0 Å². The molecule has 4 rings (SSSR count). The fraction of sp³-hybridized carbons (Fsp3) is 0.633. The summed E-state index contributed by atoms with van der Waals surface area (Å²) < 4.78 is 2.11. The molecule has 2 saturated heterocycles. The van der Waals surface area contributed by atoms with E-state index in [0.717, 1.165) is 51.1 Å². The van der Waals surface area contributed by atoms with E-state index in [9.17, 15) is 14.7 Å². The second kappa shape index (κ2) is 12.0. The van der Waals surface area contributed by atoms with E-state index in [0.29, 0.717) is 19.4 Å². The number of nitrogens with zero attached hydrogens (tertiary/aromatic N) is 4. The lowest BCUT2D eigenvalue weighted by Crippen LogP contribution is -2.74. The molecule has 1 spiro atoms. The number of hydrogen-bond acceptors (Lipinski definition) is 5. The van der Waals surface area contributed by atoms with E-state index in [2.05, 4.69) is 59.9 Å². The molecule has 8 heteroatoms. The molecule has 0 unspecified atom stereocenters. The van der Waals surface area contributed by atoms with Crippen LogP contribution in [0.1, 0.15) is 69.0 Å². The lowest BCUT2D eigenvalue weighted by Gasteiger charge is -2.52. The number of aryl methyl sites for hydroxylation is 3. The van der Waals surface area contributed by atoms with Gasteiger partial charge in [0.15, 0.2) is 0 Å². The van der Waals surface area contributed by atoms with Gasteiger partial charge in [-0.3, -0.25) is 19.2 Å². The van der Waals surface area contributed by atoms with Gasteiger partial charge in [-0.2, -0.15) is 5.10 Å². The molecule has 1 aromatic heterocycles. The summed E-state index contributed by atoms with van der Waals surface area (Å²) in [6.45, 7) is 13.7. The van der Waals surface area contributed by atoms with Crippen LogP contribution in [0, 0.1) is 19.8 Å². The van der Waals surface area contributed by atoms with Gasteiger partial charge in [-0.25, -0.2) is 0 Å². The van der Waals surface area contributed by atoms with Crippen LogP contribution in [0.25, 0.3) is 0 Å². The lowest BCUT2D eigenvalue weighted by molar-refractivity contribution is -0.165. The highest BCUT2D eigenvalue weighted by Gasteiger charge is 2.54. The number of amides is 2. The number of benzene rings is 1. The van der Waals surface area contributed by atoms with Gasteiger partial charge in [0.25, 0.3) is 0 Å². The number of rotatable bonds is 10. The molecule has 2 aromatic rings. The van der Waals surface area contributed by atoms with Crippen LogP contribution in [0.5, 0.6) is 0 Å². The maximum Gasteiger partial charge on any atom is 0.248 e. The summed E-state index contributed by atoms with van der Waals surface area (Å²) in [6, 6.07) is 9.62. The van der Waals surface area contributed by atoms with E-state index in [4.69, 9.17) is 5.10 Å². The topological polar surface area (TPSA) is 90.7 Å². The summed E-state index contributed by atoms with van der Waals surface area (Å²) in [5.41, 5.74) is 3.97. The molecule has 0 radical (unpaired) electrons. The normalized spacial score (nSPS) is 20.8. The number of piperidine rings is 1. The van der Waals surface area contributed by atoms with E-state index in [1.807, 2.05) is 19.9 Å². The minimum absolute atomic E-state index is 0.112. The van der Waals surface area contributed by atoms with Crippen molar-refractivity contribution in [2.45, 2.75) is 97.5 Å². The zero-order chi connectivity index (χ0) is 27.4. The average molecular weight is 524 g/mol. The van der Waals surface area contributed by atoms with E-state index < -0.39 is 17.7 Å². The third-order valence-corrected chi connectivity index (χ3v) is 8.57. The predicted octanol–water partition coefficient (Wildman–Crippen LogP) is 3.22. The highest BCUT2D eigenvalue weighted by atomic mass is 16.3. The summed E-state index contributed by atoms with van der Waals surface area (Å²) in [7, 11) is 0. The summed E-state index contributed by atoms with van der Waals surface area (Å²) in [4.78, 5) is 31.3. The van der Waals surface area contributed by atoms with Gasteiger partial charge >= 0.3 is 0 Å². The van der Waals surface area contributed by atoms with Gasteiger partial charge in [0.2, 0.25) is 11.8 Å². The number of carbonyl (C=O) groups is 2. The minimum atomic E-state index is -0.891. The molecular formula is C30H45N5O3. The summed E-state index contributed by atoms with van der Waals surface area (Å²) >= 11 is 0. The minimum Gasteiger partial charge on any atom is -0.390 e. The Morgan fingerprint density at radius 1 is 1.11 bits per heavy atom. The molecule has 3 heterocycles. The third-order valence-electron chi connectivity index (χ3n) is 8.57. The zero-order valence-electron chi connectivity index (χ0n) is 23.7. The number of likely N-dealkylation sites (tertiary alicyclic amines) is 1. The van der Waals surface area contributed by atoms with E-state index in [-0.39, 0.29) is 17.7 Å². The maximum absolute atomic E-state index is 13.6. The van der Waals surface area contributed by atoms with Crippen molar-refractivity contribution in [1.82, 2.24) is 24.9 Å². The zero-order valence-corrected chi connectivity index (χ0v) is 23.7. The Morgan fingerprint density at radius 3 is 2.42 bits per heavy atom. The maximum atomic E-state index is 13.6. The molecule has 208 valence electrons. The van der Waals surface area contributed by atoms with E-state index >= 15 is 0 Å². The molecule has 0 bridgehead atoms. The number of nitrogens with one attached hydrogen (secondary N) is 1. The summed E-state index contributed by atoms with van der Waals surface area (Å²) in [5, 5.41) is 18.4. The highest BCUT2D eigenvalue weighted by Crippen LogP contribution is 2.35. The first-order valence-corrected chi connectivity index (χ1v) is 14.3. The van der Waals surface area contributed by atoms with Crippen LogP contribution in [-0.4, -0.2) is 73.8 Å². The Labute approximate surface area is 227 Å². The monoisotopic (exact) mass is 523 g/mol. The number of aromatic nitrogens is 2. The molecule has 0 saturated carbocycles. The SMILES string of the molecule is CCCCN1C(=O)[C@@H]([C@H](O)C(C)C)NC(=O)C12CCN(Cc1c(C)nn(CCc3ccccc3)c1C)CC2. The highest BCUT2D eigenvalue weighted by molar-refractivity contribution is 6.00. The van der Waals surface area contributed by atoms with Gasteiger partial charge in [0.05, 0.1) is 11.8 Å². The number of piperazine rings is 1. The Bertz CT molecular complexity index is 1100. The molecule has 2 N–H and O–H groups in total. The number of aliphatic hydroxyl groups excluding tert-OH is 1. The van der Waals surface area contributed by atoms with Gasteiger partial charge in [0, 0.05) is 44.0 Å². The van der Waals surface area contributed by atoms with Crippen LogP contribution in [0.15, 0.2) is 30.3 Å². The summed E-state index contributed by atoms with van der Waals surface area (Å²) in [6.07, 6.45) is 3.03. The van der Waals surface area contributed by atoms with Crippen molar-refractivity contribution < 1.29 is 14.7 Å². The van der Waals surface area contributed by atoms with Crippen LogP contribution in [0.2, 0.25) is 0 Å². The molecule has 2 atom stereocenters. The van der Waals surface area contributed by atoms with E-state index in [1.54, 1.807) is 4.90 Å². The van der Waals surface area contributed by atoms with Crippen molar-refractivity contribution in [3.8, 4) is 0 Å².